The zero-order chi connectivity index (χ0) is 30.3. The molecule has 0 unspecified atom stereocenters. The second-order valence-corrected chi connectivity index (χ2v) is 12.4. The Balaban J connectivity index is 1.79. The van der Waals surface area contributed by atoms with Gasteiger partial charge < -0.3 is 10.2 Å². The van der Waals surface area contributed by atoms with Crippen LogP contribution in [-0.4, -0.2) is 44.8 Å². The van der Waals surface area contributed by atoms with Crippen molar-refractivity contribution in [2.75, 3.05) is 17.9 Å². The van der Waals surface area contributed by atoms with Gasteiger partial charge in [-0.3, -0.25) is 13.9 Å². The van der Waals surface area contributed by atoms with Crippen LogP contribution in [0.1, 0.15) is 16.7 Å². The molecule has 0 saturated heterocycles. The Labute approximate surface area is 256 Å². The number of aryl methyl sites for hydroxylation is 1. The van der Waals surface area contributed by atoms with Crippen LogP contribution in [0.25, 0.3) is 0 Å². The van der Waals surface area contributed by atoms with E-state index < -0.39 is 34.4 Å². The number of amides is 2. The maximum atomic E-state index is 14.3. The van der Waals surface area contributed by atoms with Crippen molar-refractivity contribution in [2.45, 2.75) is 30.8 Å². The maximum absolute atomic E-state index is 14.3. The highest BCUT2D eigenvalue weighted by molar-refractivity contribution is 7.92. The van der Waals surface area contributed by atoms with E-state index in [-0.39, 0.29) is 17.9 Å². The summed E-state index contributed by atoms with van der Waals surface area (Å²) in [5, 5.41) is 3.40. The van der Waals surface area contributed by atoms with Gasteiger partial charge in [-0.05, 0) is 54.4 Å². The summed E-state index contributed by atoms with van der Waals surface area (Å²) in [6, 6.07) is 28.1. The molecule has 2 amide bonds. The molecular weight excluding hydrogens is 593 g/mol. The van der Waals surface area contributed by atoms with Gasteiger partial charge in [0.05, 0.1) is 10.6 Å². The van der Waals surface area contributed by atoms with Gasteiger partial charge in [0.2, 0.25) is 11.8 Å². The minimum atomic E-state index is -4.15. The lowest BCUT2D eigenvalue weighted by Crippen LogP contribution is -2.53. The minimum absolute atomic E-state index is 0.0455. The van der Waals surface area contributed by atoms with Crippen LogP contribution in [-0.2, 0) is 32.6 Å². The number of hydrogen-bond acceptors (Lipinski definition) is 4. The molecule has 0 spiro atoms. The van der Waals surface area contributed by atoms with Crippen molar-refractivity contribution in [1.82, 2.24) is 10.2 Å². The van der Waals surface area contributed by atoms with Gasteiger partial charge in [-0.15, -0.1) is 0 Å². The summed E-state index contributed by atoms with van der Waals surface area (Å²) in [5.74, 6) is -0.977. The van der Waals surface area contributed by atoms with E-state index >= 15 is 0 Å². The lowest BCUT2D eigenvalue weighted by Gasteiger charge is -2.33. The average molecular weight is 625 g/mol. The minimum Gasteiger partial charge on any atom is -0.357 e. The van der Waals surface area contributed by atoms with Crippen molar-refractivity contribution in [3.63, 3.8) is 0 Å². The van der Waals surface area contributed by atoms with E-state index in [1.807, 2.05) is 37.3 Å². The highest BCUT2D eigenvalue weighted by atomic mass is 35.5. The summed E-state index contributed by atoms with van der Waals surface area (Å²) < 4.78 is 29.0. The van der Waals surface area contributed by atoms with Gasteiger partial charge in [0, 0.05) is 30.1 Å². The molecular formula is C32H31Cl2N3O4S. The molecule has 1 atom stereocenters. The van der Waals surface area contributed by atoms with Gasteiger partial charge in [0.25, 0.3) is 10.0 Å². The molecule has 0 saturated carbocycles. The van der Waals surface area contributed by atoms with Crippen molar-refractivity contribution >= 4 is 50.7 Å². The normalized spacial score (nSPS) is 11.9. The Kier molecular flexibility index (Phi) is 10.3. The molecule has 0 aliphatic carbocycles. The summed E-state index contributed by atoms with van der Waals surface area (Å²) in [5.41, 5.74) is 2.61. The Hall–Kier alpha value is -3.85. The van der Waals surface area contributed by atoms with E-state index in [4.69, 9.17) is 23.2 Å². The Bertz CT molecular complexity index is 1630. The molecule has 42 heavy (non-hydrogen) atoms. The van der Waals surface area contributed by atoms with Crippen LogP contribution in [0.2, 0.25) is 10.0 Å². The molecule has 0 aliphatic rings. The zero-order valence-electron chi connectivity index (χ0n) is 23.2. The fourth-order valence-electron chi connectivity index (χ4n) is 4.51. The van der Waals surface area contributed by atoms with Crippen LogP contribution in [0, 0.1) is 6.92 Å². The lowest BCUT2D eigenvalue weighted by atomic mass is 10.0. The van der Waals surface area contributed by atoms with Crippen LogP contribution < -0.4 is 9.62 Å². The maximum Gasteiger partial charge on any atom is 0.264 e. The van der Waals surface area contributed by atoms with Crippen LogP contribution in [0.5, 0.6) is 0 Å². The Morgan fingerprint density at radius 1 is 0.857 bits per heavy atom. The Morgan fingerprint density at radius 2 is 1.48 bits per heavy atom. The van der Waals surface area contributed by atoms with Gasteiger partial charge in [0.15, 0.2) is 0 Å². The third-order valence-corrected chi connectivity index (χ3v) is 9.18. The molecule has 0 fully saturated rings. The van der Waals surface area contributed by atoms with Gasteiger partial charge in [0.1, 0.15) is 12.6 Å². The molecule has 1 N–H and O–H groups in total. The topological polar surface area (TPSA) is 86.8 Å². The van der Waals surface area contributed by atoms with Crippen molar-refractivity contribution in [2.24, 2.45) is 0 Å². The highest BCUT2D eigenvalue weighted by Gasteiger charge is 2.34. The van der Waals surface area contributed by atoms with Gasteiger partial charge in [-0.25, -0.2) is 8.42 Å². The lowest BCUT2D eigenvalue weighted by molar-refractivity contribution is -0.139. The Morgan fingerprint density at radius 3 is 2.07 bits per heavy atom. The number of likely N-dealkylation sites (N-methyl/N-ethyl adjacent to an activating group) is 1. The first kappa shape index (κ1) is 31.1. The van der Waals surface area contributed by atoms with Crippen molar-refractivity contribution < 1.29 is 18.0 Å². The van der Waals surface area contributed by atoms with Crippen molar-refractivity contribution in [3.8, 4) is 0 Å². The van der Waals surface area contributed by atoms with Crippen LogP contribution >= 0.6 is 23.2 Å². The quantitative estimate of drug-likeness (QED) is 0.226. The summed E-state index contributed by atoms with van der Waals surface area (Å²) in [6.45, 7) is 1.26. The van der Waals surface area contributed by atoms with Gasteiger partial charge in [-0.2, -0.15) is 0 Å². The van der Waals surface area contributed by atoms with E-state index in [9.17, 15) is 18.0 Å². The molecule has 0 radical (unpaired) electrons. The molecule has 4 aromatic carbocycles. The third kappa shape index (κ3) is 7.50. The molecule has 10 heteroatoms. The standard InChI is InChI=1S/C32H31Cl2N3O4S/c1-23-13-17-28(18-14-23)42(40,41)37(27-11-7-4-8-12-27)22-31(38)36(21-25-15-16-26(33)20-29(25)34)30(32(39)35-2)19-24-9-5-3-6-10-24/h3-18,20,30H,19,21-22H2,1-2H3,(H,35,39)/t30-/m0/s1. The number of anilines is 1. The van der Waals surface area contributed by atoms with Crippen LogP contribution in [0.3, 0.4) is 0 Å². The number of carbonyl (C=O) groups is 2. The average Bonchev–Trinajstić information content (AvgIpc) is 2.99. The van der Waals surface area contributed by atoms with E-state index in [0.717, 1.165) is 15.4 Å². The molecule has 0 heterocycles. The number of halogens is 2. The summed E-state index contributed by atoms with van der Waals surface area (Å²) in [6.07, 6.45) is 0.202. The molecule has 218 valence electrons. The van der Waals surface area contributed by atoms with Gasteiger partial charge >= 0.3 is 0 Å². The molecule has 4 rings (SSSR count). The van der Waals surface area contributed by atoms with Crippen molar-refractivity contribution in [1.29, 1.82) is 0 Å². The van der Waals surface area contributed by atoms with Gasteiger partial charge in [-0.1, -0.05) is 95.5 Å². The summed E-state index contributed by atoms with van der Waals surface area (Å²) >= 11 is 12.6. The van der Waals surface area contributed by atoms with E-state index in [1.54, 1.807) is 60.7 Å². The number of carbonyl (C=O) groups excluding carboxylic acids is 2. The predicted molar refractivity (Wildman–Crippen MR) is 167 cm³/mol. The predicted octanol–water partition coefficient (Wildman–Crippen LogP) is 5.88. The molecule has 0 aliphatic heterocycles. The monoisotopic (exact) mass is 623 g/mol. The first-order valence-corrected chi connectivity index (χ1v) is 15.4. The number of para-hydroxylation sites is 1. The zero-order valence-corrected chi connectivity index (χ0v) is 25.5. The summed E-state index contributed by atoms with van der Waals surface area (Å²) in [7, 11) is -2.66. The smallest absolute Gasteiger partial charge is 0.264 e. The fourth-order valence-corrected chi connectivity index (χ4v) is 6.40. The number of nitrogens with zero attached hydrogens (tertiary/aromatic N) is 2. The second-order valence-electron chi connectivity index (χ2n) is 9.74. The summed E-state index contributed by atoms with van der Waals surface area (Å²) in [4.78, 5) is 29.0. The SMILES string of the molecule is CNC(=O)[C@H](Cc1ccccc1)N(Cc1ccc(Cl)cc1Cl)C(=O)CN(c1ccccc1)S(=O)(=O)c1ccc(C)cc1. The fraction of sp³-hybridized carbons (Fsp3) is 0.188. The number of benzene rings is 4. The molecule has 7 nitrogen and oxygen atoms in total. The number of rotatable bonds is 11. The third-order valence-electron chi connectivity index (χ3n) is 6.81. The van der Waals surface area contributed by atoms with Crippen LogP contribution in [0.15, 0.2) is 108 Å². The molecule has 0 aromatic heterocycles. The largest absolute Gasteiger partial charge is 0.357 e. The molecule has 4 aromatic rings. The molecule has 0 bridgehead atoms. The number of hydrogen-bond donors (Lipinski definition) is 1. The van der Waals surface area contributed by atoms with Crippen molar-refractivity contribution in [3.05, 3.63) is 130 Å². The van der Waals surface area contributed by atoms with E-state index in [2.05, 4.69) is 5.32 Å². The number of nitrogens with one attached hydrogen (secondary N) is 1. The second kappa shape index (κ2) is 13.9. The van der Waals surface area contributed by atoms with Crippen LogP contribution in [0.4, 0.5) is 5.69 Å². The number of sulfonamides is 1. The highest BCUT2D eigenvalue weighted by Crippen LogP contribution is 2.27. The first-order valence-electron chi connectivity index (χ1n) is 13.2. The van der Waals surface area contributed by atoms with E-state index in [0.29, 0.717) is 21.3 Å². The van der Waals surface area contributed by atoms with E-state index in [1.165, 1.54) is 24.1 Å². The first-order chi connectivity index (χ1) is 20.1.